The fraction of sp³-hybridized carbons (Fsp3) is 0.393. The SMILES string of the molecule is CC(C)Cn1cccc1C1CC(=O)C(C=Nc2cccc3c2CN(C2CCC(=O)NC2=O)C3=O)=C(O)C1. The summed E-state index contributed by atoms with van der Waals surface area (Å²) in [6.45, 7) is 5.31. The van der Waals surface area contributed by atoms with E-state index >= 15 is 0 Å². The molecule has 1 aromatic heterocycles. The van der Waals surface area contributed by atoms with Crippen molar-refractivity contribution in [3.8, 4) is 0 Å². The van der Waals surface area contributed by atoms with Crippen LogP contribution in [0, 0.1) is 5.92 Å². The number of aliphatic hydroxyl groups is 1. The van der Waals surface area contributed by atoms with Crippen molar-refractivity contribution in [2.45, 2.75) is 64.6 Å². The van der Waals surface area contributed by atoms with Crippen molar-refractivity contribution in [2.24, 2.45) is 10.9 Å². The Bertz CT molecular complexity index is 1350. The average Bonchev–Trinajstić information content (AvgIpc) is 3.43. The lowest BCUT2D eigenvalue weighted by molar-refractivity contribution is -0.137. The van der Waals surface area contributed by atoms with Gasteiger partial charge in [0, 0.05) is 67.5 Å². The third kappa shape index (κ3) is 4.73. The van der Waals surface area contributed by atoms with Gasteiger partial charge in [0.25, 0.3) is 5.91 Å². The fourth-order valence-corrected chi connectivity index (χ4v) is 5.45. The van der Waals surface area contributed by atoms with Gasteiger partial charge in [-0.1, -0.05) is 19.9 Å². The van der Waals surface area contributed by atoms with Gasteiger partial charge in [0.05, 0.1) is 11.3 Å². The highest BCUT2D eigenvalue weighted by molar-refractivity contribution is 6.15. The molecule has 3 amide bonds. The zero-order valence-corrected chi connectivity index (χ0v) is 20.9. The number of carbonyl (C=O) groups excluding carboxylic acids is 4. The minimum atomic E-state index is -0.715. The minimum absolute atomic E-state index is 0.0103. The van der Waals surface area contributed by atoms with E-state index in [9.17, 15) is 24.3 Å². The fourth-order valence-electron chi connectivity index (χ4n) is 5.45. The molecule has 1 fully saturated rings. The third-order valence-corrected chi connectivity index (χ3v) is 7.22. The number of hydrogen-bond acceptors (Lipinski definition) is 6. The summed E-state index contributed by atoms with van der Waals surface area (Å²) < 4.78 is 2.15. The topological polar surface area (TPSA) is 121 Å². The summed E-state index contributed by atoms with van der Waals surface area (Å²) in [6, 6.07) is 8.38. The Labute approximate surface area is 214 Å². The molecule has 0 radical (unpaired) electrons. The van der Waals surface area contributed by atoms with Crippen LogP contribution in [0.4, 0.5) is 5.69 Å². The summed E-state index contributed by atoms with van der Waals surface area (Å²) >= 11 is 0. The number of aliphatic imine (C=N–C) groups is 1. The Kier molecular flexibility index (Phi) is 6.54. The number of carbonyl (C=O) groups is 4. The number of aromatic nitrogens is 1. The lowest BCUT2D eigenvalue weighted by atomic mass is 9.85. The Hall–Kier alpha value is -4.01. The molecule has 0 spiro atoms. The summed E-state index contributed by atoms with van der Waals surface area (Å²) in [5.74, 6) is -0.901. The maximum atomic E-state index is 13.0. The number of fused-ring (bicyclic) bond motifs is 1. The van der Waals surface area contributed by atoms with E-state index in [0.717, 1.165) is 12.2 Å². The molecule has 0 saturated carbocycles. The second kappa shape index (κ2) is 9.80. The molecule has 5 rings (SSSR count). The third-order valence-electron chi connectivity index (χ3n) is 7.22. The molecule has 0 bridgehead atoms. The highest BCUT2D eigenvalue weighted by atomic mass is 16.3. The van der Waals surface area contributed by atoms with Crippen LogP contribution in [-0.2, 0) is 27.5 Å². The molecule has 2 aromatic rings. The van der Waals surface area contributed by atoms with Gasteiger partial charge in [-0.3, -0.25) is 29.5 Å². The number of imide groups is 1. The van der Waals surface area contributed by atoms with E-state index in [0.29, 0.717) is 29.2 Å². The molecule has 2 aliphatic heterocycles. The first-order chi connectivity index (χ1) is 17.7. The zero-order valence-electron chi connectivity index (χ0n) is 20.9. The average molecular weight is 503 g/mol. The molecular weight excluding hydrogens is 472 g/mol. The number of amides is 3. The summed E-state index contributed by atoms with van der Waals surface area (Å²) in [5.41, 5.74) is 2.82. The number of benzene rings is 1. The smallest absolute Gasteiger partial charge is 0.255 e. The van der Waals surface area contributed by atoms with Crippen molar-refractivity contribution in [2.75, 3.05) is 0 Å². The van der Waals surface area contributed by atoms with Crippen molar-refractivity contribution in [1.82, 2.24) is 14.8 Å². The van der Waals surface area contributed by atoms with Crippen molar-refractivity contribution < 1.29 is 24.3 Å². The van der Waals surface area contributed by atoms with E-state index in [2.05, 4.69) is 28.7 Å². The number of nitrogens with zero attached hydrogens (tertiary/aromatic N) is 3. The number of ketones is 1. The second-order valence-corrected chi connectivity index (χ2v) is 10.3. The van der Waals surface area contributed by atoms with Crippen LogP contribution in [0.2, 0.25) is 0 Å². The zero-order chi connectivity index (χ0) is 26.3. The van der Waals surface area contributed by atoms with E-state index in [1.54, 1.807) is 18.2 Å². The van der Waals surface area contributed by atoms with Crippen LogP contribution in [0.25, 0.3) is 0 Å². The molecule has 9 nitrogen and oxygen atoms in total. The molecular formula is C28H30N4O5. The standard InChI is InChI=1S/C28H30N4O5/c1-16(2)14-31-10-4-7-22(31)17-11-24(33)19(25(34)12-17)13-29-21-6-3-5-18-20(21)15-32(28(18)37)23-8-9-26(35)30-27(23)36/h3-7,10,13,16-17,23,33H,8-9,11-12,14-15H2,1-2H3,(H,30,35,36). The van der Waals surface area contributed by atoms with Crippen molar-refractivity contribution in [1.29, 1.82) is 0 Å². The number of rotatable bonds is 6. The van der Waals surface area contributed by atoms with Gasteiger partial charge in [0.15, 0.2) is 5.78 Å². The summed E-state index contributed by atoms with van der Waals surface area (Å²) in [5, 5.41) is 13.1. The van der Waals surface area contributed by atoms with Crippen molar-refractivity contribution >= 4 is 35.4 Å². The van der Waals surface area contributed by atoms with Crippen LogP contribution in [-0.4, -0.2) is 50.3 Å². The number of aliphatic hydroxyl groups excluding tert-OH is 1. The van der Waals surface area contributed by atoms with E-state index in [4.69, 9.17) is 0 Å². The maximum absolute atomic E-state index is 13.0. The lowest BCUT2D eigenvalue weighted by Crippen LogP contribution is -2.52. The molecule has 1 aromatic carbocycles. The number of Topliss-reactive ketones (excluding diaryl/α,β-unsaturated/α-hetero) is 1. The summed E-state index contributed by atoms with van der Waals surface area (Å²) in [7, 11) is 0. The van der Waals surface area contributed by atoms with Gasteiger partial charge in [-0.25, -0.2) is 0 Å². The van der Waals surface area contributed by atoms with Gasteiger partial charge in [-0.15, -0.1) is 0 Å². The molecule has 37 heavy (non-hydrogen) atoms. The van der Waals surface area contributed by atoms with E-state index < -0.39 is 11.9 Å². The second-order valence-electron chi connectivity index (χ2n) is 10.3. The number of nitrogens with one attached hydrogen (secondary N) is 1. The van der Waals surface area contributed by atoms with Crippen LogP contribution < -0.4 is 5.32 Å². The molecule has 3 heterocycles. The lowest BCUT2D eigenvalue weighted by Gasteiger charge is -2.29. The van der Waals surface area contributed by atoms with Crippen LogP contribution in [0.3, 0.4) is 0 Å². The first-order valence-electron chi connectivity index (χ1n) is 12.6. The van der Waals surface area contributed by atoms with Crippen LogP contribution >= 0.6 is 0 Å². The maximum Gasteiger partial charge on any atom is 0.255 e. The van der Waals surface area contributed by atoms with Gasteiger partial charge < -0.3 is 14.6 Å². The Morgan fingerprint density at radius 1 is 1.14 bits per heavy atom. The van der Waals surface area contributed by atoms with Gasteiger partial charge in [-0.05, 0) is 36.6 Å². The molecule has 2 unspecified atom stereocenters. The molecule has 1 saturated heterocycles. The molecule has 9 heteroatoms. The monoisotopic (exact) mass is 502 g/mol. The molecule has 1 aliphatic carbocycles. The molecule has 3 aliphatic rings. The summed E-state index contributed by atoms with van der Waals surface area (Å²) in [6.07, 6.45) is 4.48. The number of allylic oxidation sites excluding steroid dienone is 2. The van der Waals surface area contributed by atoms with Gasteiger partial charge in [-0.2, -0.15) is 0 Å². The Morgan fingerprint density at radius 2 is 1.95 bits per heavy atom. The minimum Gasteiger partial charge on any atom is -0.511 e. The van der Waals surface area contributed by atoms with E-state index in [-0.39, 0.29) is 60.7 Å². The summed E-state index contributed by atoms with van der Waals surface area (Å²) in [4.78, 5) is 55.9. The normalized spacial score (nSPS) is 22.4. The van der Waals surface area contributed by atoms with Crippen molar-refractivity contribution in [3.05, 3.63) is 64.7 Å². The first kappa shape index (κ1) is 24.7. The Morgan fingerprint density at radius 3 is 2.68 bits per heavy atom. The van der Waals surface area contributed by atoms with Gasteiger partial charge in [0.1, 0.15) is 11.8 Å². The van der Waals surface area contributed by atoms with Gasteiger partial charge in [0.2, 0.25) is 11.8 Å². The van der Waals surface area contributed by atoms with Crippen molar-refractivity contribution in [3.63, 3.8) is 0 Å². The van der Waals surface area contributed by atoms with E-state index in [1.165, 1.54) is 11.1 Å². The highest BCUT2D eigenvalue weighted by Gasteiger charge is 2.40. The van der Waals surface area contributed by atoms with E-state index in [1.807, 2.05) is 18.3 Å². The first-order valence-corrected chi connectivity index (χ1v) is 12.6. The van der Waals surface area contributed by atoms with Gasteiger partial charge >= 0.3 is 0 Å². The largest absolute Gasteiger partial charge is 0.511 e. The molecule has 192 valence electrons. The number of hydrogen-bond donors (Lipinski definition) is 2. The van der Waals surface area contributed by atoms with Crippen LogP contribution in [0.5, 0.6) is 0 Å². The quantitative estimate of drug-likeness (QED) is 0.462. The highest BCUT2D eigenvalue weighted by Crippen LogP contribution is 2.36. The predicted molar refractivity (Wildman–Crippen MR) is 137 cm³/mol. The molecule has 2 N–H and O–H groups in total. The van der Waals surface area contributed by atoms with Crippen LogP contribution in [0.15, 0.2) is 52.9 Å². The van der Waals surface area contributed by atoms with Crippen LogP contribution in [0.1, 0.15) is 67.1 Å². The molecule has 2 atom stereocenters. The predicted octanol–water partition coefficient (Wildman–Crippen LogP) is 3.57. The Balaban J connectivity index is 1.36. The number of piperidine rings is 1.